The van der Waals surface area contributed by atoms with Crippen molar-refractivity contribution in [3.63, 3.8) is 0 Å². The standard InChI is InChI=1S/C26H52O22P4/c1-2-3-4-5-6-7-8-9-10-11-12-13-14-15-20(29)44-18(16-19(27)28)17-43-52(41,42)48-23-21(30)24(45-49(32,33)34)26(47-51(38,39)40)25(22(23)31)46-50(35,36)37/h18,21-26,30-31H,2-17H2,1H3,(H,27,28)(H,41,42)(H2,32,33,34)(H2,35,36,37)(H2,38,39,40)/t18-,21-,22?,23?,24?,25+,26?/m1/s1. The number of carbonyl (C=O) groups is 2. The minimum atomic E-state index is -5.77. The van der Waals surface area contributed by atoms with Crippen LogP contribution in [0.1, 0.15) is 103 Å². The van der Waals surface area contributed by atoms with Gasteiger partial charge in [-0.2, -0.15) is 0 Å². The number of rotatable bonds is 28. The Balaban J connectivity index is 2.83. The first-order valence-electron chi connectivity index (χ1n) is 16.6. The number of ether oxygens (including phenoxy) is 1. The monoisotopic (exact) mass is 840 g/mol. The summed E-state index contributed by atoms with van der Waals surface area (Å²) in [5.41, 5.74) is 0. The molecule has 0 amide bonds. The summed E-state index contributed by atoms with van der Waals surface area (Å²) in [5.74, 6) is -2.36. The molecule has 26 heteroatoms. The highest BCUT2D eigenvalue weighted by Crippen LogP contribution is 2.53. The van der Waals surface area contributed by atoms with E-state index < -0.39 is 99.0 Å². The number of aliphatic hydroxyl groups excluding tert-OH is 2. The van der Waals surface area contributed by atoms with Crippen molar-refractivity contribution in [2.24, 2.45) is 0 Å². The number of phosphoric acid groups is 4. The van der Waals surface area contributed by atoms with Gasteiger partial charge in [-0.1, -0.05) is 84.0 Å². The molecule has 308 valence electrons. The van der Waals surface area contributed by atoms with Crippen LogP contribution in [-0.4, -0.2) is 111 Å². The van der Waals surface area contributed by atoms with E-state index in [4.69, 9.17) is 4.74 Å². The summed E-state index contributed by atoms with van der Waals surface area (Å²) in [6, 6.07) is 0. The summed E-state index contributed by atoms with van der Waals surface area (Å²) in [7, 11) is -23.0. The van der Waals surface area contributed by atoms with E-state index in [2.05, 4.69) is 29.5 Å². The lowest BCUT2D eigenvalue weighted by Crippen LogP contribution is -2.65. The lowest BCUT2D eigenvalue weighted by molar-refractivity contribution is -0.209. The van der Waals surface area contributed by atoms with E-state index in [1.165, 1.54) is 44.9 Å². The molecule has 0 aromatic carbocycles. The fourth-order valence-corrected chi connectivity index (χ4v) is 7.99. The summed E-state index contributed by atoms with van der Waals surface area (Å²) >= 11 is 0. The molecule has 0 spiro atoms. The van der Waals surface area contributed by atoms with Crippen molar-refractivity contribution in [1.82, 2.24) is 0 Å². The Labute approximate surface area is 300 Å². The maximum absolute atomic E-state index is 12.8. The average Bonchev–Trinajstić information content (AvgIpc) is 2.98. The number of aliphatic hydroxyl groups is 2. The van der Waals surface area contributed by atoms with Gasteiger partial charge in [-0.15, -0.1) is 0 Å². The molecular formula is C26H52O22P4. The minimum absolute atomic E-state index is 0.110. The third kappa shape index (κ3) is 22.0. The predicted molar refractivity (Wildman–Crippen MR) is 176 cm³/mol. The minimum Gasteiger partial charge on any atom is -0.481 e. The summed E-state index contributed by atoms with van der Waals surface area (Å²) in [6.45, 7) is 1.05. The van der Waals surface area contributed by atoms with Crippen molar-refractivity contribution in [1.29, 1.82) is 0 Å². The Kier molecular flexibility index (Phi) is 22.2. The second-order valence-electron chi connectivity index (χ2n) is 12.2. The molecule has 1 fully saturated rings. The molecule has 0 radical (unpaired) electrons. The van der Waals surface area contributed by atoms with Crippen LogP contribution in [-0.2, 0) is 55.2 Å². The van der Waals surface area contributed by atoms with Crippen LogP contribution in [0.25, 0.3) is 0 Å². The molecule has 5 unspecified atom stereocenters. The van der Waals surface area contributed by atoms with Crippen molar-refractivity contribution in [2.75, 3.05) is 6.61 Å². The molecule has 1 saturated carbocycles. The fourth-order valence-electron chi connectivity index (χ4n) is 5.34. The Bertz CT molecular complexity index is 1230. The Morgan fingerprint density at radius 1 is 0.577 bits per heavy atom. The highest BCUT2D eigenvalue weighted by Gasteiger charge is 2.59. The highest BCUT2D eigenvalue weighted by atomic mass is 31.2. The second kappa shape index (κ2) is 23.4. The Hall–Kier alpha value is -0.700. The smallest absolute Gasteiger partial charge is 0.472 e. The van der Waals surface area contributed by atoms with E-state index in [1.54, 1.807) is 0 Å². The first-order valence-corrected chi connectivity index (χ1v) is 22.7. The number of carbonyl (C=O) groups excluding carboxylic acids is 1. The number of hydrogen-bond donors (Lipinski definition) is 10. The fraction of sp³-hybridized carbons (Fsp3) is 0.923. The van der Waals surface area contributed by atoms with Crippen LogP contribution in [0.4, 0.5) is 0 Å². The van der Waals surface area contributed by atoms with Gasteiger partial charge in [-0.3, -0.25) is 32.2 Å². The van der Waals surface area contributed by atoms with E-state index in [0.717, 1.165) is 25.7 Å². The molecule has 0 bridgehead atoms. The van der Waals surface area contributed by atoms with Crippen molar-refractivity contribution < 1.29 is 105 Å². The molecule has 1 aliphatic carbocycles. The van der Waals surface area contributed by atoms with Gasteiger partial charge in [0.1, 0.15) is 42.7 Å². The topological polar surface area (TPSA) is 360 Å². The van der Waals surface area contributed by atoms with Gasteiger partial charge in [0, 0.05) is 6.42 Å². The molecule has 1 aliphatic rings. The molecule has 22 nitrogen and oxygen atoms in total. The van der Waals surface area contributed by atoms with Gasteiger partial charge in [0.25, 0.3) is 0 Å². The van der Waals surface area contributed by atoms with Crippen molar-refractivity contribution in [3.8, 4) is 0 Å². The number of carboxylic acid groups (broad SMARTS) is 1. The zero-order valence-corrected chi connectivity index (χ0v) is 32.1. The number of aliphatic carboxylic acids is 1. The van der Waals surface area contributed by atoms with E-state index in [9.17, 15) is 77.4 Å². The van der Waals surface area contributed by atoms with Crippen LogP contribution in [0.2, 0.25) is 0 Å². The van der Waals surface area contributed by atoms with Crippen LogP contribution in [0.5, 0.6) is 0 Å². The molecule has 8 atom stereocenters. The maximum Gasteiger partial charge on any atom is 0.472 e. The van der Waals surface area contributed by atoms with E-state index in [-0.39, 0.29) is 6.42 Å². The van der Waals surface area contributed by atoms with Crippen molar-refractivity contribution in [3.05, 3.63) is 0 Å². The third-order valence-corrected chi connectivity index (χ3v) is 10.2. The molecule has 0 saturated heterocycles. The first kappa shape index (κ1) is 49.3. The number of hydrogen-bond acceptors (Lipinski definition) is 14. The van der Waals surface area contributed by atoms with Crippen LogP contribution in [0, 0.1) is 0 Å². The molecule has 1 rings (SSSR count). The zero-order chi connectivity index (χ0) is 39.8. The zero-order valence-electron chi connectivity index (χ0n) is 28.5. The lowest BCUT2D eigenvalue weighted by Gasteiger charge is -2.45. The summed E-state index contributed by atoms with van der Waals surface area (Å²) in [5, 5.41) is 30.5. The normalized spacial score (nSPS) is 24.7. The van der Waals surface area contributed by atoms with E-state index >= 15 is 0 Å². The van der Waals surface area contributed by atoms with Gasteiger partial charge in [-0.05, 0) is 6.42 Å². The number of carboxylic acids is 1. The van der Waals surface area contributed by atoms with Crippen molar-refractivity contribution in [2.45, 2.75) is 146 Å². The van der Waals surface area contributed by atoms with Crippen LogP contribution >= 0.6 is 31.3 Å². The maximum atomic E-state index is 12.8. The van der Waals surface area contributed by atoms with E-state index in [1.807, 2.05) is 0 Å². The second-order valence-corrected chi connectivity index (χ2v) is 17.2. The molecule has 0 aliphatic heterocycles. The van der Waals surface area contributed by atoms with Crippen molar-refractivity contribution >= 4 is 43.2 Å². The van der Waals surface area contributed by atoms with Gasteiger partial charge in [0.05, 0.1) is 13.0 Å². The average molecular weight is 841 g/mol. The summed E-state index contributed by atoms with van der Waals surface area (Å²) < 4.78 is 74.6. The first-order chi connectivity index (χ1) is 23.9. The van der Waals surface area contributed by atoms with Gasteiger partial charge in [-0.25, -0.2) is 18.3 Å². The largest absolute Gasteiger partial charge is 0.481 e. The number of phosphoric ester groups is 4. The molecule has 10 N–H and O–H groups in total. The SMILES string of the molecule is CCCCCCCCCCCCCCCC(=O)O[C@@H](COP(=O)(O)OC1C(O)[C@H](OP(=O)(O)O)C(OP(=O)(O)O)C(OP(=O)(O)O)[C@@H]1O)CC(=O)O. The Morgan fingerprint density at radius 2 is 0.962 bits per heavy atom. The van der Waals surface area contributed by atoms with Crippen LogP contribution in [0.3, 0.4) is 0 Å². The molecule has 0 aromatic heterocycles. The molecule has 52 heavy (non-hydrogen) atoms. The van der Waals surface area contributed by atoms with E-state index in [0.29, 0.717) is 12.8 Å². The predicted octanol–water partition coefficient (Wildman–Crippen LogP) is 2.53. The summed E-state index contributed by atoms with van der Waals surface area (Å²) in [6.07, 6.45) is -5.49. The number of unbranched alkanes of at least 4 members (excludes halogenated alkanes) is 12. The quantitative estimate of drug-likeness (QED) is 0.0307. The van der Waals surface area contributed by atoms with Gasteiger partial charge >= 0.3 is 43.2 Å². The summed E-state index contributed by atoms with van der Waals surface area (Å²) in [4.78, 5) is 89.5. The lowest BCUT2D eigenvalue weighted by atomic mass is 9.85. The highest BCUT2D eigenvalue weighted by molar-refractivity contribution is 7.47. The Morgan fingerprint density at radius 3 is 1.35 bits per heavy atom. The number of esters is 1. The van der Waals surface area contributed by atoms with Gasteiger partial charge in [0.15, 0.2) is 0 Å². The molecular weight excluding hydrogens is 788 g/mol. The third-order valence-electron chi connectivity index (χ3n) is 7.63. The molecule has 0 heterocycles. The molecule has 0 aromatic rings. The van der Waals surface area contributed by atoms with Crippen LogP contribution < -0.4 is 0 Å². The van der Waals surface area contributed by atoms with Crippen LogP contribution in [0.15, 0.2) is 0 Å². The van der Waals surface area contributed by atoms with Gasteiger partial charge in [0.2, 0.25) is 0 Å². The van der Waals surface area contributed by atoms with Gasteiger partial charge < -0.3 is 54.3 Å².